The van der Waals surface area contributed by atoms with Gasteiger partial charge in [0, 0.05) is 25.6 Å². The van der Waals surface area contributed by atoms with Gasteiger partial charge in [-0.3, -0.25) is 4.90 Å². The summed E-state index contributed by atoms with van der Waals surface area (Å²) in [6, 6.07) is 13.9. The molecular weight excluding hydrogens is 411 g/mol. The molecule has 170 valence electrons. The van der Waals surface area contributed by atoms with Crippen LogP contribution in [0.25, 0.3) is 0 Å². The zero-order valence-corrected chi connectivity index (χ0v) is 18.7. The Morgan fingerprint density at radius 1 is 1.03 bits per heavy atom. The molecule has 0 bridgehead atoms. The van der Waals surface area contributed by atoms with Crippen molar-refractivity contribution in [1.29, 1.82) is 0 Å². The Hall–Kier alpha value is -3.09. The van der Waals surface area contributed by atoms with Gasteiger partial charge in [-0.05, 0) is 56.0 Å². The van der Waals surface area contributed by atoms with E-state index in [1.807, 2.05) is 39.0 Å². The zero-order chi connectivity index (χ0) is 22.9. The van der Waals surface area contributed by atoms with E-state index in [9.17, 15) is 14.0 Å². The van der Waals surface area contributed by atoms with Crippen LogP contribution < -0.4 is 0 Å². The number of hydrogen-bond donors (Lipinski definition) is 0. The molecule has 2 aromatic carbocycles. The molecule has 0 N–H and O–H groups in total. The summed E-state index contributed by atoms with van der Waals surface area (Å²) in [4.78, 5) is 28.4. The van der Waals surface area contributed by atoms with Crippen LogP contribution in [0.15, 0.2) is 48.5 Å². The summed E-state index contributed by atoms with van der Waals surface area (Å²) in [7, 11) is 0. The number of rotatable bonds is 3. The van der Waals surface area contributed by atoms with E-state index in [4.69, 9.17) is 9.47 Å². The third-order valence-electron chi connectivity index (χ3n) is 5.76. The van der Waals surface area contributed by atoms with Crippen molar-refractivity contribution in [1.82, 2.24) is 9.80 Å². The highest BCUT2D eigenvalue weighted by Crippen LogP contribution is 2.35. The van der Waals surface area contributed by atoms with E-state index < -0.39 is 11.7 Å². The molecule has 0 aromatic heterocycles. The summed E-state index contributed by atoms with van der Waals surface area (Å²) >= 11 is 0. The van der Waals surface area contributed by atoms with Gasteiger partial charge in [0.05, 0.1) is 12.6 Å². The molecule has 2 amide bonds. The Kier molecular flexibility index (Phi) is 6.09. The second-order valence-corrected chi connectivity index (χ2v) is 9.42. The molecule has 0 spiro atoms. The minimum Gasteiger partial charge on any atom is -0.449 e. The lowest BCUT2D eigenvalue weighted by molar-refractivity contribution is -0.0149. The normalized spacial score (nSPS) is 18.6. The fraction of sp³-hybridized carbons (Fsp3) is 0.440. The molecule has 0 saturated carbocycles. The molecule has 2 aliphatic rings. The molecule has 6 nitrogen and oxygen atoms in total. The average Bonchev–Trinajstić information content (AvgIpc) is 2.71. The molecule has 2 aromatic rings. The molecule has 32 heavy (non-hydrogen) atoms. The maximum Gasteiger partial charge on any atom is 0.410 e. The Morgan fingerprint density at radius 3 is 2.41 bits per heavy atom. The quantitative estimate of drug-likeness (QED) is 0.690. The van der Waals surface area contributed by atoms with Gasteiger partial charge in [-0.2, -0.15) is 0 Å². The van der Waals surface area contributed by atoms with E-state index in [2.05, 4.69) is 6.07 Å². The van der Waals surface area contributed by atoms with Crippen molar-refractivity contribution in [2.24, 2.45) is 5.92 Å². The zero-order valence-electron chi connectivity index (χ0n) is 18.7. The van der Waals surface area contributed by atoms with Gasteiger partial charge < -0.3 is 14.4 Å². The standard InChI is InChI=1S/C25H29FN2O4/c1-25(2,3)32-23(29)27-14-17(15-27)16-31-24(30)28-13-12-18-6-4-5-7-21(18)22(28)19-8-10-20(26)11-9-19/h4-11,17,22H,12-16H2,1-3H3/t22-/m0/s1. The summed E-state index contributed by atoms with van der Waals surface area (Å²) in [6.45, 7) is 7.27. The van der Waals surface area contributed by atoms with E-state index in [0.29, 0.717) is 19.6 Å². The van der Waals surface area contributed by atoms with E-state index in [-0.39, 0.29) is 30.5 Å². The summed E-state index contributed by atoms with van der Waals surface area (Å²) in [5, 5.41) is 0. The van der Waals surface area contributed by atoms with Crippen molar-refractivity contribution >= 4 is 12.2 Å². The minimum atomic E-state index is -0.533. The van der Waals surface area contributed by atoms with Gasteiger partial charge in [-0.15, -0.1) is 0 Å². The maximum absolute atomic E-state index is 13.5. The topological polar surface area (TPSA) is 59.1 Å². The highest BCUT2D eigenvalue weighted by Gasteiger charge is 2.36. The molecular formula is C25H29FN2O4. The van der Waals surface area contributed by atoms with Crippen LogP contribution in [-0.2, 0) is 15.9 Å². The van der Waals surface area contributed by atoms with Gasteiger partial charge in [-0.25, -0.2) is 14.0 Å². The number of carbonyl (C=O) groups excluding carboxylic acids is 2. The fourth-order valence-corrected chi connectivity index (χ4v) is 4.19. The number of ether oxygens (including phenoxy) is 2. The third kappa shape index (κ3) is 4.87. The SMILES string of the molecule is CC(C)(C)OC(=O)N1CC(COC(=O)N2CCc3ccccc3[C@@H]2c2ccc(F)cc2)C1. The average molecular weight is 441 g/mol. The monoisotopic (exact) mass is 440 g/mol. The van der Waals surface area contributed by atoms with Gasteiger partial charge in [0.1, 0.15) is 11.4 Å². The van der Waals surface area contributed by atoms with E-state index in [1.165, 1.54) is 17.7 Å². The van der Waals surface area contributed by atoms with Crippen LogP contribution in [0, 0.1) is 11.7 Å². The van der Waals surface area contributed by atoms with Crippen LogP contribution in [0.2, 0.25) is 0 Å². The summed E-state index contributed by atoms with van der Waals surface area (Å²) < 4.78 is 24.5. The minimum absolute atomic E-state index is 0.0906. The first kappa shape index (κ1) is 22.1. The van der Waals surface area contributed by atoms with Gasteiger partial charge in [0.2, 0.25) is 0 Å². The Bertz CT molecular complexity index is 980. The summed E-state index contributed by atoms with van der Waals surface area (Å²) in [6.07, 6.45) is -0.00707. The van der Waals surface area contributed by atoms with E-state index in [0.717, 1.165) is 17.5 Å². The predicted octanol–water partition coefficient (Wildman–Crippen LogP) is 4.78. The molecule has 7 heteroatoms. The molecule has 1 saturated heterocycles. The fourth-order valence-electron chi connectivity index (χ4n) is 4.19. The third-order valence-corrected chi connectivity index (χ3v) is 5.76. The maximum atomic E-state index is 13.5. The largest absolute Gasteiger partial charge is 0.449 e. The van der Waals surface area contributed by atoms with Crippen LogP contribution in [0.1, 0.15) is 43.5 Å². The van der Waals surface area contributed by atoms with Crippen molar-refractivity contribution in [2.45, 2.75) is 38.8 Å². The second-order valence-electron chi connectivity index (χ2n) is 9.42. The Labute approximate surface area is 187 Å². The van der Waals surface area contributed by atoms with Crippen LogP contribution >= 0.6 is 0 Å². The van der Waals surface area contributed by atoms with Gasteiger partial charge in [0.25, 0.3) is 0 Å². The number of fused-ring (bicyclic) bond motifs is 1. The number of amides is 2. The molecule has 4 rings (SSSR count). The molecule has 0 unspecified atom stereocenters. The first-order chi connectivity index (χ1) is 15.2. The van der Waals surface area contributed by atoms with Gasteiger partial charge in [-0.1, -0.05) is 36.4 Å². The lowest BCUT2D eigenvalue weighted by Crippen LogP contribution is -2.53. The lowest BCUT2D eigenvalue weighted by atomic mass is 9.88. The van der Waals surface area contributed by atoms with Crippen molar-refractivity contribution in [2.75, 3.05) is 26.2 Å². The number of likely N-dealkylation sites (tertiary alicyclic amines) is 1. The first-order valence-corrected chi connectivity index (χ1v) is 11.0. The Morgan fingerprint density at radius 2 is 1.72 bits per heavy atom. The van der Waals surface area contributed by atoms with E-state index in [1.54, 1.807) is 21.9 Å². The number of carbonyl (C=O) groups is 2. The molecule has 2 aliphatic heterocycles. The molecule has 1 fully saturated rings. The van der Waals surface area contributed by atoms with Crippen molar-refractivity contribution in [3.8, 4) is 0 Å². The van der Waals surface area contributed by atoms with Crippen LogP contribution in [-0.4, -0.2) is 53.8 Å². The van der Waals surface area contributed by atoms with E-state index >= 15 is 0 Å². The van der Waals surface area contributed by atoms with Gasteiger partial charge >= 0.3 is 12.2 Å². The number of hydrogen-bond acceptors (Lipinski definition) is 4. The molecule has 2 heterocycles. The number of benzene rings is 2. The van der Waals surface area contributed by atoms with Gasteiger partial charge in [0.15, 0.2) is 0 Å². The molecule has 0 aliphatic carbocycles. The smallest absolute Gasteiger partial charge is 0.410 e. The predicted molar refractivity (Wildman–Crippen MR) is 118 cm³/mol. The van der Waals surface area contributed by atoms with Crippen molar-refractivity contribution in [3.63, 3.8) is 0 Å². The Balaban J connectivity index is 1.40. The summed E-state index contributed by atoms with van der Waals surface area (Å²) in [5.74, 6) is -0.223. The van der Waals surface area contributed by atoms with Crippen LogP contribution in [0.4, 0.5) is 14.0 Å². The first-order valence-electron chi connectivity index (χ1n) is 11.0. The van der Waals surface area contributed by atoms with Crippen LogP contribution in [0.3, 0.4) is 0 Å². The summed E-state index contributed by atoms with van der Waals surface area (Å²) in [5.41, 5.74) is 2.52. The van der Waals surface area contributed by atoms with Crippen molar-refractivity contribution in [3.05, 3.63) is 71.0 Å². The highest BCUT2D eigenvalue weighted by atomic mass is 19.1. The molecule has 0 radical (unpaired) electrons. The second kappa shape index (κ2) is 8.81. The van der Waals surface area contributed by atoms with Crippen molar-refractivity contribution < 1.29 is 23.5 Å². The molecule has 1 atom stereocenters. The number of nitrogens with zero attached hydrogens (tertiary/aromatic N) is 2. The van der Waals surface area contributed by atoms with Crippen LogP contribution in [0.5, 0.6) is 0 Å². The lowest BCUT2D eigenvalue weighted by Gasteiger charge is -2.40. The number of halogens is 1. The highest BCUT2D eigenvalue weighted by molar-refractivity contribution is 5.71.